The first kappa shape index (κ1) is 11.0. The molecule has 0 aromatic carbocycles. The Morgan fingerprint density at radius 2 is 2.18 bits per heavy atom. The molecule has 0 saturated carbocycles. The van der Waals surface area contributed by atoms with Crippen LogP contribution >= 0.6 is 12.4 Å². The molecule has 1 N–H and O–H groups in total. The molecular formula is C9H18ClN. The smallest absolute Gasteiger partial charge is 0.00146 e. The van der Waals surface area contributed by atoms with E-state index in [2.05, 4.69) is 31.3 Å². The number of nitrogens with one attached hydrogen (secondary N) is 1. The van der Waals surface area contributed by atoms with E-state index in [1.807, 2.05) is 0 Å². The summed E-state index contributed by atoms with van der Waals surface area (Å²) in [6, 6.07) is 0. The molecule has 1 unspecified atom stereocenters. The Balaban J connectivity index is 0.000001000. The molecule has 1 aliphatic rings. The number of hydrogen-bond acceptors (Lipinski definition) is 1. The second kappa shape index (κ2) is 5.62. The van der Waals surface area contributed by atoms with Gasteiger partial charge in [-0.3, -0.25) is 0 Å². The number of halogens is 1. The second-order valence-corrected chi connectivity index (χ2v) is 3.38. The van der Waals surface area contributed by atoms with Gasteiger partial charge >= 0.3 is 0 Å². The monoisotopic (exact) mass is 175 g/mol. The highest BCUT2D eigenvalue weighted by atomic mass is 35.5. The van der Waals surface area contributed by atoms with Crippen molar-refractivity contribution in [3.63, 3.8) is 0 Å². The van der Waals surface area contributed by atoms with Gasteiger partial charge in [0.25, 0.3) is 0 Å². The molecule has 0 aliphatic carbocycles. The Morgan fingerprint density at radius 3 is 2.64 bits per heavy atom. The van der Waals surface area contributed by atoms with Crippen LogP contribution in [0.2, 0.25) is 0 Å². The van der Waals surface area contributed by atoms with Crippen molar-refractivity contribution in [3.05, 3.63) is 12.2 Å². The zero-order chi connectivity index (χ0) is 7.40. The van der Waals surface area contributed by atoms with Gasteiger partial charge in [0.2, 0.25) is 0 Å². The Morgan fingerprint density at radius 1 is 1.45 bits per heavy atom. The third kappa shape index (κ3) is 4.44. The lowest BCUT2D eigenvalue weighted by atomic mass is 10.1. The minimum absolute atomic E-state index is 0. The highest BCUT2D eigenvalue weighted by Gasteiger charge is 2.09. The largest absolute Gasteiger partial charge is 0.316 e. The zero-order valence-electron chi connectivity index (χ0n) is 7.34. The van der Waals surface area contributed by atoms with Gasteiger partial charge in [-0.15, -0.1) is 12.4 Å². The normalized spacial score (nSPS) is 24.5. The van der Waals surface area contributed by atoms with Crippen LogP contribution in [0.5, 0.6) is 0 Å². The fourth-order valence-corrected chi connectivity index (χ4v) is 1.22. The Kier molecular flexibility index (Phi) is 5.61. The first-order valence-corrected chi connectivity index (χ1v) is 4.18. The molecule has 0 aromatic rings. The molecule has 1 rings (SSSR count). The van der Waals surface area contributed by atoms with Crippen molar-refractivity contribution in [2.75, 3.05) is 13.1 Å². The highest BCUT2D eigenvalue weighted by Crippen LogP contribution is 2.09. The van der Waals surface area contributed by atoms with E-state index in [0.717, 1.165) is 5.92 Å². The van der Waals surface area contributed by atoms with E-state index >= 15 is 0 Å². The molecule has 1 saturated heterocycles. The molecular weight excluding hydrogens is 158 g/mol. The van der Waals surface area contributed by atoms with E-state index in [0.29, 0.717) is 5.92 Å². The van der Waals surface area contributed by atoms with E-state index in [1.165, 1.54) is 19.5 Å². The van der Waals surface area contributed by atoms with Crippen LogP contribution in [-0.2, 0) is 0 Å². The fourth-order valence-electron chi connectivity index (χ4n) is 1.22. The first-order chi connectivity index (χ1) is 4.79. The van der Waals surface area contributed by atoms with Gasteiger partial charge in [-0.1, -0.05) is 26.0 Å². The van der Waals surface area contributed by atoms with Crippen molar-refractivity contribution in [2.24, 2.45) is 11.8 Å². The summed E-state index contributed by atoms with van der Waals surface area (Å²) in [5, 5.41) is 3.34. The van der Waals surface area contributed by atoms with E-state index in [1.54, 1.807) is 0 Å². The average Bonchev–Trinajstić information content (AvgIpc) is 2.34. The van der Waals surface area contributed by atoms with Crippen LogP contribution in [0.4, 0.5) is 0 Å². The van der Waals surface area contributed by atoms with E-state index in [-0.39, 0.29) is 12.4 Å². The summed E-state index contributed by atoms with van der Waals surface area (Å²) in [6.07, 6.45) is 5.98. The Labute approximate surface area is 75.7 Å². The molecule has 11 heavy (non-hydrogen) atoms. The zero-order valence-corrected chi connectivity index (χ0v) is 8.16. The summed E-state index contributed by atoms with van der Waals surface area (Å²) in [5.74, 6) is 1.52. The van der Waals surface area contributed by atoms with Crippen molar-refractivity contribution in [2.45, 2.75) is 20.3 Å². The number of hydrogen-bond donors (Lipinski definition) is 1. The number of allylic oxidation sites excluding steroid dienone is 1. The molecule has 1 fully saturated rings. The SMILES string of the molecule is CC(C)/C=C/C1CCNC1.Cl. The second-order valence-electron chi connectivity index (χ2n) is 3.38. The van der Waals surface area contributed by atoms with Crippen molar-refractivity contribution >= 4 is 12.4 Å². The maximum absolute atomic E-state index is 3.34. The van der Waals surface area contributed by atoms with Gasteiger partial charge in [-0.2, -0.15) is 0 Å². The third-order valence-electron chi connectivity index (χ3n) is 1.87. The topological polar surface area (TPSA) is 12.0 Å². The van der Waals surface area contributed by atoms with Crippen LogP contribution in [0, 0.1) is 11.8 Å². The van der Waals surface area contributed by atoms with Gasteiger partial charge in [0.1, 0.15) is 0 Å². The molecule has 2 heteroatoms. The van der Waals surface area contributed by atoms with Gasteiger partial charge in [-0.25, -0.2) is 0 Å². The minimum Gasteiger partial charge on any atom is -0.316 e. The van der Waals surface area contributed by atoms with Crippen LogP contribution in [0.3, 0.4) is 0 Å². The van der Waals surface area contributed by atoms with Gasteiger partial charge in [0, 0.05) is 6.54 Å². The van der Waals surface area contributed by atoms with Crippen LogP contribution in [0.15, 0.2) is 12.2 Å². The maximum atomic E-state index is 3.34. The van der Waals surface area contributed by atoms with Crippen LogP contribution in [0.1, 0.15) is 20.3 Å². The van der Waals surface area contributed by atoms with Gasteiger partial charge in [0.15, 0.2) is 0 Å². The minimum atomic E-state index is 0. The summed E-state index contributed by atoms with van der Waals surface area (Å²) in [4.78, 5) is 0. The van der Waals surface area contributed by atoms with Gasteiger partial charge in [0.05, 0.1) is 0 Å². The van der Waals surface area contributed by atoms with Gasteiger partial charge < -0.3 is 5.32 Å². The summed E-state index contributed by atoms with van der Waals surface area (Å²) in [7, 11) is 0. The maximum Gasteiger partial charge on any atom is 0.00146 e. The third-order valence-corrected chi connectivity index (χ3v) is 1.87. The van der Waals surface area contributed by atoms with Crippen LogP contribution in [-0.4, -0.2) is 13.1 Å². The molecule has 0 spiro atoms. The molecule has 66 valence electrons. The summed E-state index contributed by atoms with van der Waals surface area (Å²) in [6.45, 7) is 6.83. The predicted molar refractivity (Wildman–Crippen MR) is 52.2 cm³/mol. The van der Waals surface area contributed by atoms with Crippen molar-refractivity contribution in [1.29, 1.82) is 0 Å². The number of rotatable bonds is 2. The van der Waals surface area contributed by atoms with E-state index in [9.17, 15) is 0 Å². The summed E-state index contributed by atoms with van der Waals surface area (Å²) < 4.78 is 0. The van der Waals surface area contributed by atoms with Crippen LogP contribution < -0.4 is 5.32 Å². The molecule has 1 aliphatic heterocycles. The standard InChI is InChI=1S/C9H17N.ClH/c1-8(2)3-4-9-5-6-10-7-9;/h3-4,8-10H,5-7H2,1-2H3;1H/b4-3+;. The first-order valence-electron chi connectivity index (χ1n) is 4.18. The Hall–Kier alpha value is -0.0100. The van der Waals surface area contributed by atoms with Crippen molar-refractivity contribution in [3.8, 4) is 0 Å². The molecule has 1 heterocycles. The fraction of sp³-hybridized carbons (Fsp3) is 0.778. The lowest BCUT2D eigenvalue weighted by Gasteiger charge is -2.00. The Bertz CT molecular complexity index is 115. The van der Waals surface area contributed by atoms with Crippen LogP contribution in [0.25, 0.3) is 0 Å². The highest BCUT2D eigenvalue weighted by molar-refractivity contribution is 5.85. The van der Waals surface area contributed by atoms with Crippen molar-refractivity contribution < 1.29 is 0 Å². The molecule has 1 atom stereocenters. The summed E-state index contributed by atoms with van der Waals surface area (Å²) >= 11 is 0. The molecule has 0 radical (unpaired) electrons. The quantitative estimate of drug-likeness (QED) is 0.635. The lowest BCUT2D eigenvalue weighted by Crippen LogP contribution is -2.07. The van der Waals surface area contributed by atoms with Crippen molar-refractivity contribution in [1.82, 2.24) is 5.32 Å². The van der Waals surface area contributed by atoms with E-state index in [4.69, 9.17) is 0 Å². The molecule has 0 aromatic heterocycles. The predicted octanol–water partition coefficient (Wildman–Crippen LogP) is 2.23. The molecule has 0 amide bonds. The average molecular weight is 176 g/mol. The summed E-state index contributed by atoms with van der Waals surface area (Å²) in [5.41, 5.74) is 0. The van der Waals surface area contributed by atoms with E-state index < -0.39 is 0 Å². The molecule has 1 nitrogen and oxygen atoms in total. The lowest BCUT2D eigenvalue weighted by molar-refractivity contribution is 0.711. The van der Waals surface area contributed by atoms with Gasteiger partial charge in [-0.05, 0) is 24.8 Å². The molecule has 0 bridgehead atoms.